The molecule has 0 spiro atoms. The lowest BCUT2D eigenvalue weighted by Gasteiger charge is -2.36. The van der Waals surface area contributed by atoms with Gasteiger partial charge in [-0.05, 0) is 79.3 Å². The Kier molecular flexibility index (Phi) is 6.37. The molecule has 4 heteroatoms. The monoisotopic (exact) mass is 402 g/mol. The minimum absolute atomic E-state index is 0.500. The first-order valence-electron chi connectivity index (χ1n) is 7.54. The molecule has 0 amide bonds. The van der Waals surface area contributed by atoms with Crippen LogP contribution in [0.25, 0.3) is 0 Å². The van der Waals surface area contributed by atoms with Crippen LogP contribution in [0.4, 0.5) is 5.69 Å². The van der Waals surface area contributed by atoms with Crippen LogP contribution in [0.15, 0.2) is 27.1 Å². The van der Waals surface area contributed by atoms with Crippen molar-refractivity contribution in [3.05, 3.63) is 27.1 Å². The highest BCUT2D eigenvalue weighted by Gasteiger charge is 2.24. The molecular weight excluding hydrogens is 380 g/mol. The Morgan fingerprint density at radius 1 is 1.40 bits per heavy atom. The number of hydrogen-bond donors (Lipinski definition) is 1. The summed E-state index contributed by atoms with van der Waals surface area (Å²) in [5, 5.41) is 3.68. The fraction of sp³-hybridized carbons (Fsp3) is 0.625. The first-order chi connectivity index (χ1) is 9.60. The molecule has 1 saturated heterocycles. The van der Waals surface area contributed by atoms with Gasteiger partial charge in [0.15, 0.2) is 0 Å². The molecule has 1 N–H and O–H groups in total. The van der Waals surface area contributed by atoms with Crippen molar-refractivity contribution in [2.75, 3.05) is 25.0 Å². The summed E-state index contributed by atoms with van der Waals surface area (Å²) in [6.45, 7) is 8.33. The summed E-state index contributed by atoms with van der Waals surface area (Å²) in [4.78, 5) is 2.61. The third kappa shape index (κ3) is 4.47. The van der Waals surface area contributed by atoms with Crippen LogP contribution in [0, 0.1) is 5.92 Å². The fourth-order valence-corrected chi connectivity index (χ4v) is 3.71. The van der Waals surface area contributed by atoms with Crippen LogP contribution in [0.5, 0.6) is 0 Å². The third-order valence-corrected chi connectivity index (χ3v) is 5.29. The summed E-state index contributed by atoms with van der Waals surface area (Å²) >= 11 is 7.17. The van der Waals surface area contributed by atoms with Crippen LogP contribution in [0.2, 0.25) is 0 Å². The first kappa shape index (κ1) is 16.3. The van der Waals surface area contributed by atoms with Gasteiger partial charge in [-0.25, -0.2) is 0 Å². The van der Waals surface area contributed by atoms with Crippen LogP contribution >= 0.6 is 31.9 Å². The maximum atomic E-state index is 3.68. The maximum Gasteiger partial charge on any atom is 0.0498 e. The van der Waals surface area contributed by atoms with Gasteiger partial charge in [-0.2, -0.15) is 0 Å². The predicted molar refractivity (Wildman–Crippen MR) is 94.4 cm³/mol. The minimum atomic E-state index is 0.500. The van der Waals surface area contributed by atoms with Gasteiger partial charge in [0.2, 0.25) is 0 Å². The zero-order valence-electron chi connectivity index (χ0n) is 12.3. The standard InChI is InChI=1S/C16H24Br2N2/c1-3-8-20-9-4-5-13(11-20)12(2)19-16-10-14(17)6-7-15(16)18/h6-7,10,12-13,19H,3-5,8-9,11H2,1-2H3. The van der Waals surface area contributed by atoms with E-state index in [1.54, 1.807) is 0 Å². The van der Waals surface area contributed by atoms with E-state index in [2.05, 4.69) is 74.1 Å². The van der Waals surface area contributed by atoms with Gasteiger partial charge in [0.1, 0.15) is 0 Å². The van der Waals surface area contributed by atoms with E-state index in [4.69, 9.17) is 0 Å². The van der Waals surface area contributed by atoms with Crippen LogP contribution in [0.3, 0.4) is 0 Å². The quantitative estimate of drug-likeness (QED) is 0.732. The van der Waals surface area contributed by atoms with E-state index < -0.39 is 0 Å². The molecule has 0 saturated carbocycles. The Labute approximate surface area is 139 Å². The van der Waals surface area contributed by atoms with Gasteiger partial charge in [0, 0.05) is 27.2 Å². The molecule has 1 fully saturated rings. The molecule has 1 aliphatic rings. The second-order valence-electron chi connectivity index (χ2n) is 5.76. The van der Waals surface area contributed by atoms with Crippen LogP contribution in [0.1, 0.15) is 33.1 Å². The normalized spacial score (nSPS) is 21.7. The second-order valence-corrected chi connectivity index (χ2v) is 7.53. The lowest BCUT2D eigenvalue weighted by Crippen LogP contribution is -2.42. The molecule has 2 nitrogen and oxygen atoms in total. The third-order valence-electron chi connectivity index (χ3n) is 4.10. The van der Waals surface area contributed by atoms with Crippen molar-refractivity contribution in [1.29, 1.82) is 0 Å². The van der Waals surface area contributed by atoms with Crippen molar-refractivity contribution in [2.45, 2.75) is 39.2 Å². The zero-order chi connectivity index (χ0) is 14.5. The average Bonchev–Trinajstić information content (AvgIpc) is 2.43. The highest BCUT2D eigenvalue weighted by atomic mass is 79.9. The molecule has 112 valence electrons. The lowest BCUT2D eigenvalue weighted by molar-refractivity contribution is 0.165. The Bertz CT molecular complexity index is 434. The Balaban J connectivity index is 1.96. The molecule has 0 radical (unpaired) electrons. The van der Waals surface area contributed by atoms with Gasteiger partial charge in [-0.3, -0.25) is 0 Å². The molecule has 0 aliphatic carbocycles. The SMILES string of the molecule is CCCN1CCCC(C(C)Nc2cc(Br)ccc2Br)C1. The van der Waals surface area contributed by atoms with E-state index in [9.17, 15) is 0 Å². The van der Waals surface area contributed by atoms with E-state index in [1.165, 1.54) is 44.6 Å². The van der Waals surface area contributed by atoms with Crippen LogP contribution in [-0.4, -0.2) is 30.6 Å². The zero-order valence-corrected chi connectivity index (χ0v) is 15.5. The van der Waals surface area contributed by atoms with E-state index in [1.807, 2.05) is 0 Å². The van der Waals surface area contributed by atoms with Crippen molar-refractivity contribution >= 4 is 37.5 Å². The molecule has 2 unspecified atom stereocenters. The Morgan fingerprint density at radius 3 is 2.95 bits per heavy atom. The van der Waals surface area contributed by atoms with Crippen molar-refractivity contribution in [3.63, 3.8) is 0 Å². The highest BCUT2D eigenvalue weighted by molar-refractivity contribution is 9.11. The summed E-state index contributed by atoms with van der Waals surface area (Å²) in [7, 11) is 0. The molecule has 0 bridgehead atoms. The summed E-state index contributed by atoms with van der Waals surface area (Å²) in [6, 6.07) is 6.79. The van der Waals surface area contributed by atoms with Crippen LogP contribution in [-0.2, 0) is 0 Å². The average molecular weight is 404 g/mol. The molecular formula is C16H24Br2N2. The van der Waals surface area contributed by atoms with Gasteiger partial charge in [0.05, 0.1) is 0 Å². The van der Waals surface area contributed by atoms with Gasteiger partial charge in [-0.1, -0.05) is 22.9 Å². The van der Waals surface area contributed by atoms with E-state index in [-0.39, 0.29) is 0 Å². The molecule has 2 rings (SSSR count). The maximum absolute atomic E-state index is 3.68. The van der Waals surface area contributed by atoms with Crippen LogP contribution < -0.4 is 5.32 Å². The topological polar surface area (TPSA) is 15.3 Å². The van der Waals surface area contributed by atoms with Gasteiger partial charge >= 0.3 is 0 Å². The number of nitrogens with one attached hydrogen (secondary N) is 1. The highest BCUT2D eigenvalue weighted by Crippen LogP contribution is 2.29. The molecule has 1 aromatic carbocycles. The van der Waals surface area contributed by atoms with Crippen molar-refractivity contribution < 1.29 is 0 Å². The van der Waals surface area contributed by atoms with E-state index >= 15 is 0 Å². The first-order valence-corrected chi connectivity index (χ1v) is 9.12. The molecule has 1 aromatic rings. The van der Waals surface area contributed by atoms with E-state index in [0.717, 1.165) is 14.9 Å². The predicted octanol–water partition coefficient (Wildman–Crippen LogP) is 5.13. The number of nitrogens with zero attached hydrogens (tertiary/aromatic N) is 1. The number of anilines is 1. The Hall–Kier alpha value is -0.0600. The molecule has 1 aliphatic heterocycles. The number of piperidine rings is 1. The van der Waals surface area contributed by atoms with Gasteiger partial charge in [0.25, 0.3) is 0 Å². The molecule has 1 heterocycles. The largest absolute Gasteiger partial charge is 0.381 e. The smallest absolute Gasteiger partial charge is 0.0498 e. The summed E-state index contributed by atoms with van der Waals surface area (Å²) in [5.74, 6) is 0.737. The van der Waals surface area contributed by atoms with Crippen molar-refractivity contribution in [2.24, 2.45) is 5.92 Å². The van der Waals surface area contributed by atoms with E-state index in [0.29, 0.717) is 6.04 Å². The van der Waals surface area contributed by atoms with Crippen molar-refractivity contribution in [1.82, 2.24) is 4.90 Å². The number of hydrogen-bond acceptors (Lipinski definition) is 2. The molecule has 0 aromatic heterocycles. The lowest BCUT2D eigenvalue weighted by atomic mass is 9.91. The summed E-state index contributed by atoms with van der Waals surface area (Å²) < 4.78 is 2.25. The minimum Gasteiger partial charge on any atom is -0.381 e. The van der Waals surface area contributed by atoms with Crippen molar-refractivity contribution in [3.8, 4) is 0 Å². The number of rotatable bonds is 5. The van der Waals surface area contributed by atoms with Gasteiger partial charge < -0.3 is 10.2 Å². The second kappa shape index (κ2) is 7.81. The summed E-state index contributed by atoms with van der Waals surface area (Å²) in [6.07, 6.45) is 3.92. The number of halogens is 2. The molecule has 2 atom stereocenters. The summed E-state index contributed by atoms with van der Waals surface area (Å²) in [5.41, 5.74) is 1.18. The van der Waals surface area contributed by atoms with Gasteiger partial charge in [-0.15, -0.1) is 0 Å². The number of benzene rings is 1. The fourth-order valence-electron chi connectivity index (χ4n) is 2.99. The Morgan fingerprint density at radius 2 is 2.20 bits per heavy atom. The number of likely N-dealkylation sites (tertiary alicyclic amines) is 1. The molecule has 20 heavy (non-hydrogen) atoms.